The van der Waals surface area contributed by atoms with Crippen molar-refractivity contribution >= 4 is 17.5 Å². The molecule has 0 bridgehead atoms. The van der Waals surface area contributed by atoms with E-state index >= 15 is 0 Å². The van der Waals surface area contributed by atoms with Crippen LogP contribution in [0.4, 0.5) is 0 Å². The van der Waals surface area contributed by atoms with Gasteiger partial charge in [-0.1, -0.05) is 54.1 Å². The summed E-state index contributed by atoms with van der Waals surface area (Å²) >= 11 is 6.14. The minimum atomic E-state index is 0.0296. The van der Waals surface area contributed by atoms with Crippen LogP contribution in [0, 0.1) is 0 Å². The number of rotatable bonds is 2. The van der Waals surface area contributed by atoms with Gasteiger partial charge in [0.05, 0.1) is 16.6 Å². The normalized spacial score (nSPS) is 18.2. The van der Waals surface area contributed by atoms with E-state index in [4.69, 9.17) is 11.6 Å². The molecular formula is C17H16ClNO. The van der Waals surface area contributed by atoms with Crippen molar-refractivity contribution in [3.8, 4) is 0 Å². The third-order valence-electron chi connectivity index (χ3n) is 3.80. The second-order valence-electron chi connectivity index (χ2n) is 5.05. The number of amides is 1. The van der Waals surface area contributed by atoms with Crippen molar-refractivity contribution in [3.05, 3.63) is 70.7 Å². The van der Waals surface area contributed by atoms with E-state index in [9.17, 15) is 4.79 Å². The summed E-state index contributed by atoms with van der Waals surface area (Å²) in [7, 11) is 0. The highest BCUT2D eigenvalue weighted by molar-refractivity contribution is 6.33. The largest absolute Gasteiger partial charge is 0.332 e. The van der Waals surface area contributed by atoms with Crippen LogP contribution in [0.25, 0.3) is 0 Å². The van der Waals surface area contributed by atoms with Gasteiger partial charge in [-0.2, -0.15) is 0 Å². The van der Waals surface area contributed by atoms with Crippen LogP contribution in [0.3, 0.4) is 0 Å². The average molecular weight is 286 g/mol. The molecule has 0 saturated carbocycles. The van der Waals surface area contributed by atoms with E-state index in [1.54, 1.807) is 12.1 Å². The van der Waals surface area contributed by atoms with E-state index in [2.05, 4.69) is 12.1 Å². The number of hydrogen-bond donors (Lipinski definition) is 0. The first kappa shape index (κ1) is 13.2. The van der Waals surface area contributed by atoms with Crippen LogP contribution in [0.2, 0.25) is 5.02 Å². The predicted molar refractivity (Wildman–Crippen MR) is 80.9 cm³/mol. The highest BCUT2D eigenvalue weighted by Crippen LogP contribution is 2.33. The zero-order valence-corrected chi connectivity index (χ0v) is 11.9. The Hall–Kier alpha value is -1.80. The van der Waals surface area contributed by atoms with Gasteiger partial charge < -0.3 is 4.90 Å². The molecule has 1 atom stereocenters. The number of likely N-dealkylation sites (tertiary alicyclic amines) is 1. The SMILES string of the molecule is O=C(c1ccccc1Cl)N1CCC[C@@H]1c1ccccc1. The number of carbonyl (C=O) groups excluding carboxylic acids is 1. The fourth-order valence-corrected chi connectivity index (χ4v) is 3.04. The average Bonchev–Trinajstić information content (AvgIpc) is 2.97. The lowest BCUT2D eigenvalue weighted by molar-refractivity contribution is 0.0736. The van der Waals surface area contributed by atoms with Gasteiger partial charge in [-0.05, 0) is 30.5 Å². The Morgan fingerprint density at radius 1 is 1.05 bits per heavy atom. The molecule has 1 aliphatic rings. The molecule has 102 valence electrons. The molecule has 20 heavy (non-hydrogen) atoms. The summed E-state index contributed by atoms with van der Waals surface area (Å²) in [6.45, 7) is 0.795. The minimum absolute atomic E-state index is 0.0296. The van der Waals surface area contributed by atoms with Crippen LogP contribution in [-0.4, -0.2) is 17.4 Å². The first-order chi connectivity index (χ1) is 9.77. The fourth-order valence-electron chi connectivity index (χ4n) is 2.82. The van der Waals surface area contributed by atoms with Crippen molar-refractivity contribution in [3.63, 3.8) is 0 Å². The lowest BCUT2D eigenvalue weighted by Gasteiger charge is -2.25. The standard InChI is InChI=1S/C17H16ClNO/c18-15-10-5-4-9-14(15)17(20)19-12-6-11-16(19)13-7-2-1-3-8-13/h1-5,7-10,16H,6,11-12H2/t16-/m1/s1. The molecule has 1 amide bonds. The molecular weight excluding hydrogens is 270 g/mol. The molecule has 1 heterocycles. The number of nitrogens with zero attached hydrogens (tertiary/aromatic N) is 1. The maximum Gasteiger partial charge on any atom is 0.255 e. The summed E-state index contributed by atoms with van der Waals surface area (Å²) < 4.78 is 0. The molecule has 1 fully saturated rings. The van der Waals surface area contributed by atoms with Gasteiger partial charge in [0.1, 0.15) is 0 Å². The van der Waals surface area contributed by atoms with Crippen LogP contribution >= 0.6 is 11.6 Å². The number of benzene rings is 2. The first-order valence-electron chi connectivity index (χ1n) is 6.88. The molecule has 1 aliphatic heterocycles. The van der Waals surface area contributed by atoms with E-state index in [-0.39, 0.29) is 11.9 Å². The third-order valence-corrected chi connectivity index (χ3v) is 4.13. The van der Waals surface area contributed by atoms with Crippen molar-refractivity contribution in [2.75, 3.05) is 6.54 Å². The monoisotopic (exact) mass is 285 g/mol. The second-order valence-corrected chi connectivity index (χ2v) is 5.45. The van der Waals surface area contributed by atoms with Gasteiger partial charge in [0.15, 0.2) is 0 Å². The van der Waals surface area contributed by atoms with Crippen LogP contribution < -0.4 is 0 Å². The minimum Gasteiger partial charge on any atom is -0.332 e. The van der Waals surface area contributed by atoms with Gasteiger partial charge in [0, 0.05) is 6.54 Å². The Labute approximate surface area is 124 Å². The summed E-state index contributed by atoms with van der Waals surface area (Å²) in [5, 5.41) is 0.524. The van der Waals surface area contributed by atoms with E-state index in [1.165, 1.54) is 5.56 Å². The lowest BCUT2D eigenvalue weighted by Crippen LogP contribution is -2.30. The maximum atomic E-state index is 12.7. The number of hydrogen-bond acceptors (Lipinski definition) is 1. The van der Waals surface area contributed by atoms with Gasteiger partial charge in [-0.15, -0.1) is 0 Å². The quantitative estimate of drug-likeness (QED) is 0.805. The molecule has 2 nitrogen and oxygen atoms in total. The summed E-state index contributed by atoms with van der Waals surface area (Å²) in [5.74, 6) is 0.0296. The Bertz CT molecular complexity index is 611. The molecule has 2 aromatic carbocycles. The Morgan fingerprint density at radius 3 is 2.50 bits per heavy atom. The van der Waals surface area contributed by atoms with Crippen molar-refractivity contribution < 1.29 is 4.79 Å². The molecule has 3 heteroatoms. The van der Waals surface area contributed by atoms with Crippen LogP contribution in [-0.2, 0) is 0 Å². The molecule has 0 unspecified atom stereocenters. The van der Waals surface area contributed by atoms with Crippen molar-refractivity contribution in [1.82, 2.24) is 4.90 Å². The molecule has 0 aliphatic carbocycles. The lowest BCUT2D eigenvalue weighted by atomic mass is 10.0. The maximum absolute atomic E-state index is 12.7. The number of carbonyl (C=O) groups is 1. The van der Waals surface area contributed by atoms with Crippen LogP contribution in [0.5, 0.6) is 0 Å². The topological polar surface area (TPSA) is 20.3 Å². The smallest absolute Gasteiger partial charge is 0.255 e. The first-order valence-corrected chi connectivity index (χ1v) is 7.25. The Balaban J connectivity index is 1.90. The van der Waals surface area contributed by atoms with Gasteiger partial charge >= 0.3 is 0 Å². The Morgan fingerprint density at radius 2 is 1.75 bits per heavy atom. The van der Waals surface area contributed by atoms with E-state index in [0.29, 0.717) is 10.6 Å². The number of halogens is 1. The summed E-state index contributed by atoms with van der Waals surface area (Å²) in [6, 6.07) is 17.6. The molecule has 1 saturated heterocycles. The molecule has 2 aromatic rings. The fraction of sp³-hybridized carbons (Fsp3) is 0.235. The van der Waals surface area contributed by atoms with Gasteiger partial charge in [-0.25, -0.2) is 0 Å². The van der Waals surface area contributed by atoms with E-state index in [0.717, 1.165) is 19.4 Å². The van der Waals surface area contributed by atoms with Crippen molar-refractivity contribution in [2.45, 2.75) is 18.9 Å². The predicted octanol–water partition coefficient (Wildman–Crippen LogP) is 4.32. The van der Waals surface area contributed by atoms with E-state index in [1.807, 2.05) is 35.2 Å². The Kier molecular flexibility index (Phi) is 3.75. The zero-order valence-electron chi connectivity index (χ0n) is 11.1. The van der Waals surface area contributed by atoms with Crippen LogP contribution in [0.15, 0.2) is 54.6 Å². The highest BCUT2D eigenvalue weighted by Gasteiger charge is 2.31. The molecule has 0 aromatic heterocycles. The summed E-state index contributed by atoms with van der Waals surface area (Å²) in [6.07, 6.45) is 2.05. The molecule has 0 spiro atoms. The van der Waals surface area contributed by atoms with Crippen molar-refractivity contribution in [1.29, 1.82) is 0 Å². The van der Waals surface area contributed by atoms with Crippen LogP contribution in [0.1, 0.15) is 34.8 Å². The van der Waals surface area contributed by atoms with E-state index < -0.39 is 0 Å². The molecule has 0 radical (unpaired) electrons. The third kappa shape index (κ3) is 2.44. The van der Waals surface area contributed by atoms with Gasteiger partial charge in [0.2, 0.25) is 0 Å². The molecule has 3 rings (SSSR count). The second kappa shape index (κ2) is 5.68. The molecule has 0 N–H and O–H groups in total. The zero-order chi connectivity index (χ0) is 13.9. The highest BCUT2D eigenvalue weighted by atomic mass is 35.5. The van der Waals surface area contributed by atoms with Gasteiger partial charge in [0.25, 0.3) is 5.91 Å². The van der Waals surface area contributed by atoms with Gasteiger partial charge in [-0.3, -0.25) is 4.79 Å². The summed E-state index contributed by atoms with van der Waals surface area (Å²) in [4.78, 5) is 14.6. The van der Waals surface area contributed by atoms with Crippen molar-refractivity contribution in [2.24, 2.45) is 0 Å². The summed E-state index contributed by atoms with van der Waals surface area (Å²) in [5.41, 5.74) is 1.79.